The summed E-state index contributed by atoms with van der Waals surface area (Å²) in [6.45, 7) is 7.27. The standard InChI is InChI=1S/C11H20N2O3/c1-4-6-16-7-5-13-9(14)8-12-10(15)11(13,2)3/h4-8H2,1-3H3,(H,12,15). The Labute approximate surface area is 96.1 Å². The van der Waals surface area contributed by atoms with Crippen molar-refractivity contribution in [3.8, 4) is 0 Å². The van der Waals surface area contributed by atoms with Crippen molar-refractivity contribution in [2.75, 3.05) is 26.3 Å². The van der Waals surface area contributed by atoms with Crippen molar-refractivity contribution >= 4 is 11.8 Å². The molecule has 5 heteroatoms. The number of hydrogen-bond acceptors (Lipinski definition) is 3. The molecule has 1 rings (SSSR count). The van der Waals surface area contributed by atoms with Crippen molar-refractivity contribution in [2.45, 2.75) is 32.7 Å². The lowest BCUT2D eigenvalue weighted by Crippen LogP contribution is -2.64. The highest BCUT2D eigenvalue weighted by atomic mass is 16.5. The van der Waals surface area contributed by atoms with Gasteiger partial charge >= 0.3 is 0 Å². The Morgan fingerprint density at radius 1 is 1.38 bits per heavy atom. The summed E-state index contributed by atoms with van der Waals surface area (Å²) in [6, 6.07) is 0. The molecule has 0 spiro atoms. The smallest absolute Gasteiger partial charge is 0.245 e. The molecule has 0 atom stereocenters. The van der Waals surface area contributed by atoms with E-state index in [0.717, 1.165) is 6.42 Å². The lowest BCUT2D eigenvalue weighted by Gasteiger charge is -2.40. The number of piperazine rings is 1. The second-order valence-electron chi connectivity index (χ2n) is 4.40. The molecule has 0 unspecified atom stereocenters. The van der Waals surface area contributed by atoms with Crippen LogP contribution in [0.5, 0.6) is 0 Å². The van der Waals surface area contributed by atoms with Gasteiger partial charge in [0.05, 0.1) is 13.2 Å². The second-order valence-corrected chi connectivity index (χ2v) is 4.40. The van der Waals surface area contributed by atoms with Crippen LogP contribution >= 0.6 is 0 Å². The molecule has 5 nitrogen and oxygen atoms in total. The van der Waals surface area contributed by atoms with Gasteiger partial charge in [0.15, 0.2) is 0 Å². The average molecular weight is 228 g/mol. The summed E-state index contributed by atoms with van der Waals surface area (Å²) in [5.41, 5.74) is -0.773. The van der Waals surface area contributed by atoms with Crippen LogP contribution in [0.2, 0.25) is 0 Å². The molecule has 0 aromatic heterocycles. The largest absolute Gasteiger partial charge is 0.380 e. The Bertz CT molecular complexity index is 276. The summed E-state index contributed by atoms with van der Waals surface area (Å²) >= 11 is 0. The summed E-state index contributed by atoms with van der Waals surface area (Å²) in [5, 5.41) is 2.58. The minimum Gasteiger partial charge on any atom is -0.380 e. The number of nitrogens with zero attached hydrogens (tertiary/aromatic N) is 1. The third kappa shape index (κ3) is 2.72. The van der Waals surface area contributed by atoms with E-state index in [1.54, 1.807) is 18.7 Å². The lowest BCUT2D eigenvalue weighted by molar-refractivity contribution is -0.152. The molecule has 1 saturated heterocycles. The van der Waals surface area contributed by atoms with Crippen LogP contribution in [-0.4, -0.2) is 48.6 Å². The molecule has 0 aromatic carbocycles. The topological polar surface area (TPSA) is 58.6 Å². The summed E-state index contributed by atoms with van der Waals surface area (Å²) in [5.74, 6) is -0.160. The van der Waals surface area contributed by atoms with Crippen LogP contribution in [0.4, 0.5) is 0 Å². The highest BCUT2D eigenvalue weighted by Gasteiger charge is 2.41. The SMILES string of the molecule is CCCOCCN1C(=O)CNC(=O)C1(C)C. The van der Waals surface area contributed by atoms with E-state index in [0.29, 0.717) is 19.8 Å². The maximum absolute atomic E-state index is 11.7. The van der Waals surface area contributed by atoms with Gasteiger partial charge in [0.2, 0.25) is 11.8 Å². The number of nitrogens with one attached hydrogen (secondary N) is 1. The number of amides is 2. The summed E-state index contributed by atoms with van der Waals surface area (Å²) in [6.07, 6.45) is 0.956. The third-order valence-electron chi connectivity index (χ3n) is 2.74. The Hall–Kier alpha value is -1.10. The average Bonchev–Trinajstić information content (AvgIpc) is 2.23. The van der Waals surface area contributed by atoms with Crippen molar-refractivity contribution in [1.82, 2.24) is 10.2 Å². The fourth-order valence-electron chi connectivity index (χ4n) is 1.71. The molecule has 2 amide bonds. The van der Waals surface area contributed by atoms with Gasteiger partial charge in [0.1, 0.15) is 5.54 Å². The van der Waals surface area contributed by atoms with Crippen molar-refractivity contribution in [2.24, 2.45) is 0 Å². The zero-order valence-electron chi connectivity index (χ0n) is 10.2. The molecule has 1 heterocycles. The third-order valence-corrected chi connectivity index (χ3v) is 2.74. The molecule has 0 aliphatic carbocycles. The van der Waals surface area contributed by atoms with Gasteiger partial charge in [-0.2, -0.15) is 0 Å². The van der Waals surface area contributed by atoms with Gasteiger partial charge in [-0.1, -0.05) is 6.92 Å². The van der Waals surface area contributed by atoms with Crippen LogP contribution < -0.4 is 5.32 Å². The minimum atomic E-state index is -0.773. The molecule has 16 heavy (non-hydrogen) atoms. The van der Waals surface area contributed by atoms with E-state index >= 15 is 0 Å². The number of hydrogen-bond donors (Lipinski definition) is 1. The molecule has 0 bridgehead atoms. The van der Waals surface area contributed by atoms with Crippen LogP contribution in [0.25, 0.3) is 0 Å². The molecule has 0 saturated carbocycles. The summed E-state index contributed by atoms with van der Waals surface area (Å²) < 4.78 is 5.34. The monoisotopic (exact) mass is 228 g/mol. The molecule has 0 aromatic rings. The van der Waals surface area contributed by atoms with Gasteiger partial charge in [-0.05, 0) is 20.3 Å². The first-order chi connectivity index (χ1) is 7.50. The minimum absolute atomic E-state index is 0.0512. The summed E-state index contributed by atoms with van der Waals surface area (Å²) in [4.78, 5) is 24.9. The van der Waals surface area contributed by atoms with Crippen molar-refractivity contribution in [1.29, 1.82) is 0 Å². The number of ether oxygens (including phenoxy) is 1. The summed E-state index contributed by atoms with van der Waals surface area (Å²) in [7, 11) is 0. The Balaban J connectivity index is 2.53. The Morgan fingerprint density at radius 3 is 2.69 bits per heavy atom. The lowest BCUT2D eigenvalue weighted by atomic mass is 9.99. The van der Waals surface area contributed by atoms with Gasteiger partial charge in [0.25, 0.3) is 0 Å². The number of carbonyl (C=O) groups is 2. The number of rotatable bonds is 5. The van der Waals surface area contributed by atoms with Gasteiger partial charge in [-0.25, -0.2) is 0 Å². The predicted molar refractivity (Wildman–Crippen MR) is 59.9 cm³/mol. The maximum Gasteiger partial charge on any atom is 0.245 e. The molecule has 0 radical (unpaired) electrons. The van der Waals surface area contributed by atoms with Crippen LogP contribution in [0, 0.1) is 0 Å². The second kappa shape index (κ2) is 5.30. The quantitative estimate of drug-likeness (QED) is 0.681. The van der Waals surface area contributed by atoms with E-state index < -0.39 is 5.54 Å². The molecule has 1 aliphatic heterocycles. The van der Waals surface area contributed by atoms with Crippen LogP contribution in [0.3, 0.4) is 0 Å². The molecular weight excluding hydrogens is 208 g/mol. The molecule has 1 N–H and O–H groups in total. The predicted octanol–water partition coefficient (Wildman–Crippen LogP) is 0.150. The highest BCUT2D eigenvalue weighted by Crippen LogP contribution is 2.17. The molecule has 92 valence electrons. The Kier molecular flexibility index (Phi) is 4.29. The fraction of sp³-hybridized carbons (Fsp3) is 0.818. The van der Waals surface area contributed by atoms with E-state index in [2.05, 4.69) is 5.32 Å². The van der Waals surface area contributed by atoms with Gasteiger partial charge in [-0.15, -0.1) is 0 Å². The Morgan fingerprint density at radius 2 is 2.06 bits per heavy atom. The first kappa shape index (κ1) is 13.0. The van der Waals surface area contributed by atoms with E-state index in [1.165, 1.54) is 0 Å². The van der Waals surface area contributed by atoms with Crippen LogP contribution in [0.15, 0.2) is 0 Å². The zero-order chi connectivity index (χ0) is 12.2. The molecule has 1 fully saturated rings. The van der Waals surface area contributed by atoms with Crippen molar-refractivity contribution in [3.63, 3.8) is 0 Å². The molecular formula is C11H20N2O3. The van der Waals surface area contributed by atoms with E-state index in [9.17, 15) is 9.59 Å². The first-order valence-electron chi connectivity index (χ1n) is 5.66. The van der Waals surface area contributed by atoms with Gasteiger partial charge in [-0.3, -0.25) is 9.59 Å². The zero-order valence-corrected chi connectivity index (χ0v) is 10.2. The van der Waals surface area contributed by atoms with Crippen LogP contribution in [0.1, 0.15) is 27.2 Å². The number of carbonyl (C=O) groups excluding carboxylic acids is 2. The van der Waals surface area contributed by atoms with Gasteiger partial charge < -0.3 is 15.0 Å². The van der Waals surface area contributed by atoms with Crippen LogP contribution in [-0.2, 0) is 14.3 Å². The fourth-order valence-corrected chi connectivity index (χ4v) is 1.71. The molecule has 1 aliphatic rings. The highest BCUT2D eigenvalue weighted by molar-refractivity contribution is 5.97. The maximum atomic E-state index is 11.7. The van der Waals surface area contributed by atoms with E-state index in [1.807, 2.05) is 6.92 Å². The van der Waals surface area contributed by atoms with Gasteiger partial charge in [0, 0.05) is 13.2 Å². The van der Waals surface area contributed by atoms with Crippen molar-refractivity contribution < 1.29 is 14.3 Å². The van der Waals surface area contributed by atoms with E-state index in [-0.39, 0.29) is 18.4 Å². The normalized spacial score (nSPS) is 19.8. The first-order valence-corrected chi connectivity index (χ1v) is 5.66. The van der Waals surface area contributed by atoms with E-state index in [4.69, 9.17) is 4.74 Å². The van der Waals surface area contributed by atoms with Crippen molar-refractivity contribution in [3.05, 3.63) is 0 Å².